The standard InChI is InChI=1S/C60H67N6O8P3/c1-10-74-77(9,70)59-40-51(20-15-46-13-11-45(2)12-14-46)37-54(63-59)43-66-33-31-64(41-52-35-49(38-57(61-52)75(5,6)68)18-16-47-21-25-55(71-3)26-22-47)29-30-65(32-34-66)42-53-36-50(39-58(62-53)76(7,8)69)19-17-48-23-27-56(28-24-48)73-44-60(67)72-4/h11-14,21-28,35-40H,10,29-34,41-44H2,1-9H3. The second-order valence-electron chi connectivity index (χ2n) is 19.6. The van der Waals surface area contributed by atoms with Crippen LogP contribution in [0, 0.1) is 42.4 Å². The number of ether oxygens (including phenoxy) is 3. The zero-order valence-corrected chi connectivity index (χ0v) is 48.1. The van der Waals surface area contributed by atoms with Crippen molar-refractivity contribution < 1.29 is 37.2 Å². The van der Waals surface area contributed by atoms with Crippen LogP contribution in [0.15, 0.2) is 109 Å². The van der Waals surface area contributed by atoms with Crippen molar-refractivity contribution in [3.8, 4) is 47.0 Å². The predicted molar refractivity (Wildman–Crippen MR) is 308 cm³/mol. The van der Waals surface area contributed by atoms with E-state index in [0.29, 0.717) is 97.8 Å². The Balaban J connectivity index is 1.21. The zero-order valence-electron chi connectivity index (χ0n) is 45.5. The number of nitrogens with zero attached hydrogens (tertiary/aromatic N) is 6. The number of rotatable bonds is 15. The molecular formula is C60H67N6O8P3. The van der Waals surface area contributed by atoms with Gasteiger partial charge in [-0.05, 0) is 138 Å². The number of esters is 1. The van der Waals surface area contributed by atoms with Gasteiger partial charge < -0.3 is 27.9 Å². The minimum atomic E-state index is -3.28. The summed E-state index contributed by atoms with van der Waals surface area (Å²) in [7, 11) is -5.95. The highest BCUT2D eigenvalue weighted by Crippen LogP contribution is 2.40. The van der Waals surface area contributed by atoms with E-state index in [-0.39, 0.29) is 13.2 Å². The summed E-state index contributed by atoms with van der Waals surface area (Å²) in [5.41, 5.74) is 9.24. The molecule has 14 nitrogen and oxygen atoms in total. The molecule has 0 radical (unpaired) electrons. The van der Waals surface area contributed by atoms with E-state index in [1.807, 2.05) is 98.8 Å². The van der Waals surface area contributed by atoms with Crippen molar-refractivity contribution in [1.29, 1.82) is 0 Å². The Morgan fingerprint density at radius 1 is 0.506 bits per heavy atom. The van der Waals surface area contributed by atoms with E-state index in [4.69, 9.17) is 28.9 Å². The van der Waals surface area contributed by atoms with Gasteiger partial charge in [0.25, 0.3) is 0 Å². The van der Waals surface area contributed by atoms with Crippen LogP contribution < -0.4 is 25.8 Å². The van der Waals surface area contributed by atoms with Gasteiger partial charge in [-0.25, -0.2) is 19.7 Å². The molecule has 1 fully saturated rings. The Labute approximate surface area is 454 Å². The Hall–Kier alpha value is -6.61. The Morgan fingerprint density at radius 2 is 0.857 bits per heavy atom. The molecule has 0 N–H and O–H groups in total. The molecule has 1 aliphatic rings. The number of carbonyl (C=O) groups is 1. The van der Waals surface area contributed by atoms with Gasteiger partial charge in [0.15, 0.2) is 6.61 Å². The predicted octanol–water partition coefficient (Wildman–Crippen LogP) is 7.83. The fourth-order valence-electron chi connectivity index (χ4n) is 8.17. The molecule has 400 valence electrons. The van der Waals surface area contributed by atoms with Gasteiger partial charge in [0.2, 0.25) is 7.37 Å². The second-order valence-corrected chi connectivity index (χ2v) is 28.4. The van der Waals surface area contributed by atoms with E-state index in [0.717, 1.165) is 45.0 Å². The van der Waals surface area contributed by atoms with Gasteiger partial charge >= 0.3 is 5.97 Å². The molecule has 1 aliphatic heterocycles. The van der Waals surface area contributed by atoms with Crippen LogP contribution in [0.3, 0.4) is 0 Å². The van der Waals surface area contributed by atoms with Crippen LogP contribution in [0.4, 0.5) is 0 Å². The van der Waals surface area contributed by atoms with Crippen LogP contribution in [-0.4, -0.2) is 136 Å². The van der Waals surface area contributed by atoms with Gasteiger partial charge in [0, 0.05) is 98.9 Å². The normalized spacial score (nSPS) is 14.4. The number of carbonyl (C=O) groups excluding carboxylic acids is 1. The van der Waals surface area contributed by atoms with Crippen LogP contribution in [0.5, 0.6) is 11.5 Å². The lowest BCUT2D eigenvalue weighted by atomic mass is 10.1. The van der Waals surface area contributed by atoms with Crippen molar-refractivity contribution in [3.05, 3.63) is 165 Å². The molecule has 0 bridgehead atoms. The van der Waals surface area contributed by atoms with Gasteiger partial charge in [-0.15, -0.1) is 0 Å². The topological polar surface area (TPSA) is 154 Å². The molecule has 6 aromatic rings. The number of pyridine rings is 3. The van der Waals surface area contributed by atoms with Crippen molar-refractivity contribution >= 4 is 43.9 Å². The summed E-state index contributed by atoms with van der Waals surface area (Å²) in [5, 5.41) is 0. The molecule has 1 saturated heterocycles. The molecule has 3 aromatic carbocycles. The minimum Gasteiger partial charge on any atom is -0.497 e. The zero-order chi connectivity index (χ0) is 55.2. The average Bonchev–Trinajstić information content (AvgIpc) is 3.49. The Bertz CT molecular complexity index is 3400. The summed E-state index contributed by atoms with van der Waals surface area (Å²) in [6.45, 7) is 17.7. The first-order valence-corrected chi connectivity index (χ1v) is 32.6. The van der Waals surface area contributed by atoms with Crippen LogP contribution in [0.2, 0.25) is 0 Å². The Kier molecular flexibility index (Phi) is 20.1. The van der Waals surface area contributed by atoms with Crippen LogP contribution in [0.25, 0.3) is 0 Å². The fraction of sp³-hybridized carbons (Fsp3) is 0.333. The van der Waals surface area contributed by atoms with Gasteiger partial charge in [-0.1, -0.05) is 53.2 Å². The molecule has 0 aliphatic carbocycles. The van der Waals surface area contributed by atoms with Crippen molar-refractivity contribution in [3.63, 3.8) is 0 Å². The molecule has 17 heteroatoms. The molecule has 0 amide bonds. The molecule has 7 rings (SSSR count). The molecule has 77 heavy (non-hydrogen) atoms. The average molecular weight is 1090 g/mol. The molecule has 1 unspecified atom stereocenters. The van der Waals surface area contributed by atoms with Crippen molar-refractivity contribution in [2.24, 2.45) is 0 Å². The lowest BCUT2D eigenvalue weighted by Crippen LogP contribution is -2.36. The lowest BCUT2D eigenvalue weighted by molar-refractivity contribution is -0.142. The van der Waals surface area contributed by atoms with Crippen molar-refractivity contribution in [1.82, 2.24) is 29.7 Å². The van der Waals surface area contributed by atoms with Gasteiger partial charge in [0.05, 0.1) is 37.9 Å². The first-order valence-electron chi connectivity index (χ1n) is 25.3. The SMILES string of the molecule is CCOP(C)(=O)c1cc(C#Cc2ccc(C)cc2)cc(CN2CCN(Cc3cc(C#Cc4ccc(OC)cc4)cc(P(C)(C)=O)n3)CCN(Cc3cc(C#Cc4ccc(OCC(=O)OC)cc4)cc(P(C)(C)=O)n3)CC2)n1. The number of aryl methyl sites for hydroxylation is 1. The lowest BCUT2D eigenvalue weighted by Gasteiger charge is -2.26. The summed E-state index contributed by atoms with van der Waals surface area (Å²) >= 11 is 0. The van der Waals surface area contributed by atoms with Gasteiger partial charge in [-0.2, -0.15) is 0 Å². The van der Waals surface area contributed by atoms with E-state index >= 15 is 0 Å². The van der Waals surface area contributed by atoms with E-state index < -0.39 is 27.6 Å². The molecular weight excluding hydrogens is 1030 g/mol. The monoisotopic (exact) mass is 1090 g/mol. The van der Waals surface area contributed by atoms with E-state index in [2.05, 4.69) is 55.0 Å². The van der Waals surface area contributed by atoms with E-state index in [1.165, 1.54) is 7.11 Å². The van der Waals surface area contributed by atoms with E-state index in [1.54, 1.807) is 64.7 Å². The highest BCUT2D eigenvalue weighted by Gasteiger charge is 2.25. The van der Waals surface area contributed by atoms with Crippen molar-refractivity contribution in [2.75, 3.05) is 100 Å². The summed E-state index contributed by atoms with van der Waals surface area (Å²) in [6, 6.07) is 34.0. The largest absolute Gasteiger partial charge is 0.497 e. The number of hydrogen-bond acceptors (Lipinski definition) is 14. The van der Waals surface area contributed by atoms with E-state index in [9.17, 15) is 18.5 Å². The maximum absolute atomic E-state index is 14.0. The molecule has 1 atom stereocenters. The Morgan fingerprint density at radius 3 is 1.22 bits per heavy atom. The molecule has 3 aromatic heterocycles. The third-order valence-electron chi connectivity index (χ3n) is 12.5. The first kappa shape index (κ1) is 58.1. The third-order valence-corrected chi connectivity index (χ3v) is 17.0. The summed E-state index contributed by atoms with van der Waals surface area (Å²) in [6.07, 6.45) is 0. The van der Waals surface area contributed by atoms with Crippen LogP contribution in [0.1, 0.15) is 62.9 Å². The summed E-state index contributed by atoms with van der Waals surface area (Å²) in [4.78, 5) is 33.6. The van der Waals surface area contributed by atoms with Crippen molar-refractivity contribution in [2.45, 2.75) is 33.5 Å². The number of hydrogen-bond donors (Lipinski definition) is 0. The number of benzene rings is 3. The highest BCUT2D eigenvalue weighted by atomic mass is 31.2. The second kappa shape index (κ2) is 26.6. The minimum absolute atomic E-state index is 0.198. The third kappa shape index (κ3) is 18.0. The molecule has 0 saturated carbocycles. The smallest absolute Gasteiger partial charge is 0.343 e. The number of aromatic nitrogens is 3. The van der Waals surface area contributed by atoms with Gasteiger partial charge in [0.1, 0.15) is 42.1 Å². The molecule has 0 spiro atoms. The van der Waals surface area contributed by atoms with Gasteiger partial charge in [-0.3, -0.25) is 19.3 Å². The maximum atomic E-state index is 14.0. The fourth-order valence-corrected chi connectivity index (χ4v) is 11.1. The highest BCUT2D eigenvalue weighted by molar-refractivity contribution is 7.70. The summed E-state index contributed by atoms with van der Waals surface area (Å²) < 4.78 is 62.6. The summed E-state index contributed by atoms with van der Waals surface area (Å²) in [5.74, 6) is 20.4. The van der Waals surface area contributed by atoms with Crippen LogP contribution in [-0.2, 0) is 47.4 Å². The van der Waals surface area contributed by atoms with Crippen LogP contribution >= 0.6 is 21.7 Å². The number of methoxy groups -OCH3 is 2. The first-order chi connectivity index (χ1) is 36.7. The molecule has 4 heterocycles. The maximum Gasteiger partial charge on any atom is 0.343 e. The quantitative estimate of drug-likeness (QED) is 0.0558.